The third-order valence-electron chi connectivity index (χ3n) is 4.28. The zero-order valence-electron chi connectivity index (χ0n) is 14.4. The summed E-state index contributed by atoms with van der Waals surface area (Å²) >= 11 is 0. The molecule has 26 heavy (non-hydrogen) atoms. The molecule has 1 amide bonds. The lowest BCUT2D eigenvalue weighted by Crippen LogP contribution is -2.41. The molecule has 0 saturated heterocycles. The summed E-state index contributed by atoms with van der Waals surface area (Å²) in [4.78, 5) is 11.8. The number of rotatable bonds is 7. The molecule has 0 bridgehead atoms. The highest BCUT2D eigenvalue weighted by Crippen LogP contribution is 2.20. The number of carbonyl (C=O) groups is 1. The Kier molecular flexibility index (Phi) is 5.90. The molecule has 1 heterocycles. The number of hydrogen-bond acceptors (Lipinski definition) is 4. The van der Waals surface area contributed by atoms with Crippen molar-refractivity contribution >= 4 is 15.9 Å². The monoisotopic (exact) mass is 374 g/mol. The van der Waals surface area contributed by atoms with Gasteiger partial charge >= 0.3 is 0 Å². The standard InChI is InChI=1S/C19H22N2O4S/c22-19(15-25-18-8-2-1-3-9-18)20-11-13-26(23,24)21-12-10-16-6-4-5-7-17(16)14-21/h1-9H,10-15H2,(H,20,22). The van der Waals surface area contributed by atoms with E-state index in [2.05, 4.69) is 5.32 Å². The summed E-state index contributed by atoms with van der Waals surface area (Å²) in [6.45, 7) is 0.798. The second-order valence-corrected chi connectivity index (χ2v) is 8.21. The molecule has 2 aromatic carbocycles. The third-order valence-corrected chi connectivity index (χ3v) is 6.10. The highest BCUT2D eigenvalue weighted by atomic mass is 32.2. The first-order valence-corrected chi connectivity index (χ1v) is 10.1. The molecule has 6 nitrogen and oxygen atoms in total. The molecular weight excluding hydrogens is 352 g/mol. The van der Waals surface area contributed by atoms with Gasteiger partial charge in [0.25, 0.3) is 5.91 Å². The maximum atomic E-state index is 12.5. The molecule has 0 aliphatic carbocycles. The van der Waals surface area contributed by atoms with Crippen molar-refractivity contribution in [1.82, 2.24) is 9.62 Å². The van der Waals surface area contributed by atoms with Gasteiger partial charge in [0.15, 0.2) is 6.61 Å². The van der Waals surface area contributed by atoms with Crippen LogP contribution in [0.5, 0.6) is 5.75 Å². The number of sulfonamides is 1. The van der Waals surface area contributed by atoms with Gasteiger partial charge in [0.05, 0.1) is 5.75 Å². The zero-order valence-corrected chi connectivity index (χ0v) is 15.2. The first-order chi connectivity index (χ1) is 12.5. The summed E-state index contributed by atoms with van der Waals surface area (Å²) in [6.07, 6.45) is 0.715. The van der Waals surface area contributed by atoms with E-state index < -0.39 is 10.0 Å². The summed E-state index contributed by atoms with van der Waals surface area (Å²) in [7, 11) is -3.41. The van der Waals surface area contributed by atoms with Crippen molar-refractivity contribution in [3.8, 4) is 5.75 Å². The van der Waals surface area contributed by atoms with Gasteiger partial charge in [-0.1, -0.05) is 42.5 Å². The van der Waals surface area contributed by atoms with Crippen LogP contribution in [0.3, 0.4) is 0 Å². The van der Waals surface area contributed by atoms with Crippen molar-refractivity contribution in [1.29, 1.82) is 0 Å². The van der Waals surface area contributed by atoms with Crippen LogP contribution in [0.4, 0.5) is 0 Å². The molecular formula is C19H22N2O4S. The van der Waals surface area contributed by atoms with Gasteiger partial charge < -0.3 is 10.1 Å². The van der Waals surface area contributed by atoms with Crippen LogP contribution in [0.2, 0.25) is 0 Å². The second kappa shape index (κ2) is 8.33. The van der Waals surface area contributed by atoms with Gasteiger partial charge in [-0.15, -0.1) is 0 Å². The van der Waals surface area contributed by atoms with Crippen LogP contribution in [-0.4, -0.2) is 44.1 Å². The van der Waals surface area contributed by atoms with E-state index >= 15 is 0 Å². The van der Waals surface area contributed by atoms with Crippen molar-refractivity contribution in [3.05, 3.63) is 65.7 Å². The summed E-state index contributed by atoms with van der Waals surface area (Å²) < 4.78 is 31.8. The largest absolute Gasteiger partial charge is 0.484 e. The number of hydrogen-bond donors (Lipinski definition) is 1. The summed E-state index contributed by atoms with van der Waals surface area (Å²) in [6, 6.07) is 16.9. The van der Waals surface area contributed by atoms with Crippen LogP contribution in [0.25, 0.3) is 0 Å². The van der Waals surface area contributed by atoms with Crippen LogP contribution in [-0.2, 0) is 27.8 Å². The lowest BCUT2D eigenvalue weighted by molar-refractivity contribution is -0.122. The minimum absolute atomic E-state index is 0.0669. The molecule has 0 fully saturated rings. The van der Waals surface area contributed by atoms with E-state index in [0.29, 0.717) is 25.3 Å². The van der Waals surface area contributed by atoms with Gasteiger partial charge in [-0.05, 0) is 29.7 Å². The highest BCUT2D eigenvalue weighted by Gasteiger charge is 2.26. The number of carbonyl (C=O) groups excluding carboxylic acids is 1. The molecule has 0 aromatic heterocycles. The molecule has 2 aromatic rings. The molecule has 1 aliphatic heterocycles. The van der Waals surface area contributed by atoms with Crippen molar-refractivity contribution in [3.63, 3.8) is 0 Å². The van der Waals surface area contributed by atoms with E-state index in [4.69, 9.17) is 4.74 Å². The summed E-state index contributed by atoms with van der Waals surface area (Å²) in [5.41, 5.74) is 2.24. The number of nitrogens with zero attached hydrogens (tertiary/aromatic N) is 1. The Labute approximate surface area is 153 Å². The number of ether oxygens (including phenoxy) is 1. The predicted molar refractivity (Wildman–Crippen MR) is 99.3 cm³/mol. The van der Waals surface area contributed by atoms with Gasteiger partial charge in [0.2, 0.25) is 10.0 Å². The van der Waals surface area contributed by atoms with E-state index in [1.54, 1.807) is 12.1 Å². The normalized spacial score (nSPS) is 14.5. The lowest BCUT2D eigenvalue weighted by atomic mass is 10.0. The number of para-hydroxylation sites is 1. The Morgan fingerprint density at radius 2 is 1.73 bits per heavy atom. The van der Waals surface area contributed by atoms with Gasteiger partial charge in [0.1, 0.15) is 5.75 Å². The molecule has 0 saturated carbocycles. The molecule has 0 spiro atoms. The molecule has 0 unspecified atom stereocenters. The Morgan fingerprint density at radius 1 is 1.04 bits per heavy atom. The number of amides is 1. The quantitative estimate of drug-likeness (QED) is 0.798. The fourth-order valence-electron chi connectivity index (χ4n) is 2.87. The molecule has 3 rings (SSSR count). The van der Waals surface area contributed by atoms with Crippen LogP contribution >= 0.6 is 0 Å². The Bertz CT molecular complexity index is 853. The van der Waals surface area contributed by atoms with E-state index in [9.17, 15) is 13.2 Å². The van der Waals surface area contributed by atoms with Crippen molar-refractivity contribution < 1.29 is 17.9 Å². The van der Waals surface area contributed by atoms with Gasteiger partial charge in [-0.2, -0.15) is 4.31 Å². The van der Waals surface area contributed by atoms with Crippen LogP contribution in [0.15, 0.2) is 54.6 Å². The zero-order chi connectivity index (χ0) is 18.4. The fraction of sp³-hybridized carbons (Fsp3) is 0.316. The lowest BCUT2D eigenvalue weighted by Gasteiger charge is -2.28. The Morgan fingerprint density at radius 3 is 2.50 bits per heavy atom. The maximum absolute atomic E-state index is 12.5. The average Bonchev–Trinajstić information content (AvgIpc) is 2.66. The average molecular weight is 374 g/mol. The van der Waals surface area contributed by atoms with E-state index in [0.717, 1.165) is 5.56 Å². The SMILES string of the molecule is O=C(COc1ccccc1)NCCS(=O)(=O)N1CCc2ccccc2C1. The molecule has 0 atom stereocenters. The Hall–Kier alpha value is -2.38. The van der Waals surface area contributed by atoms with Crippen LogP contribution in [0.1, 0.15) is 11.1 Å². The van der Waals surface area contributed by atoms with Gasteiger partial charge in [-0.25, -0.2) is 8.42 Å². The summed E-state index contributed by atoms with van der Waals surface area (Å²) in [5, 5.41) is 2.60. The number of benzene rings is 2. The van der Waals surface area contributed by atoms with Crippen molar-refractivity contribution in [2.75, 3.05) is 25.4 Å². The molecule has 138 valence electrons. The molecule has 7 heteroatoms. The number of nitrogens with one attached hydrogen (secondary N) is 1. The molecule has 0 radical (unpaired) electrons. The Balaban J connectivity index is 1.44. The molecule has 1 aliphatic rings. The van der Waals surface area contributed by atoms with Crippen molar-refractivity contribution in [2.45, 2.75) is 13.0 Å². The topological polar surface area (TPSA) is 75.7 Å². The summed E-state index contributed by atoms with van der Waals surface area (Å²) in [5.74, 6) is 0.141. The van der Waals surface area contributed by atoms with E-state index in [1.165, 1.54) is 9.87 Å². The van der Waals surface area contributed by atoms with Crippen LogP contribution < -0.4 is 10.1 Å². The number of fused-ring (bicyclic) bond motifs is 1. The van der Waals surface area contributed by atoms with Gasteiger partial charge in [0, 0.05) is 19.6 Å². The first-order valence-electron chi connectivity index (χ1n) is 8.54. The van der Waals surface area contributed by atoms with Crippen molar-refractivity contribution in [2.24, 2.45) is 0 Å². The van der Waals surface area contributed by atoms with E-state index in [1.807, 2.05) is 42.5 Å². The minimum Gasteiger partial charge on any atom is -0.484 e. The van der Waals surface area contributed by atoms with Gasteiger partial charge in [-0.3, -0.25) is 4.79 Å². The predicted octanol–water partition coefficient (Wildman–Crippen LogP) is 1.57. The maximum Gasteiger partial charge on any atom is 0.257 e. The second-order valence-electron chi connectivity index (χ2n) is 6.12. The van der Waals surface area contributed by atoms with E-state index in [-0.39, 0.29) is 24.8 Å². The minimum atomic E-state index is -3.41. The highest BCUT2D eigenvalue weighted by molar-refractivity contribution is 7.89. The van der Waals surface area contributed by atoms with Crippen LogP contribution in [0, 0.1) is 0 Å². The third kappa shape index (κ3) is 4.83. The molecule has 1 N–H and O–H groups in total. The fourth-order valence-corrected chi connectivity index (χ4v) is 4.20. The smallest absolute Gasteiger partial charge is 0.257 e. The first kappa shape index (κ1) is 18.4.